The largest absolute Gasteiger partial charge is 0.493 e. The van der Waals surface area contributed by atoms with Crippen molar-refractivity contribution in [2.45, 2.75) is 96.7 Å². The second-order valence-electron chi connectivity index (χ2n) is 12.1. The Morgan fingerprint density at radius 3 is 2.42 bits per heavy atom. The smallest absolute Gasteiger partial charge is 0.223 e. The second kappa shape index (κ2) is 15.6. The van der Waals surface area contributed by atoms with Gasteiger partial charge in [-0.25, -0.2) is 0 Å². The third-order valence-corrected chi connectivity index (χ3v) is 8.08. The van der Waals surface area contributed by atoms with E-state index in [2.05, 4.69) is 17.6 Å². The number of hydrogen-bond donors (Lipinski definition) is 4. The van der Waals surface area contributed by atoms with Crippen molar-refractivity contribution in [2.75, 3.05) is 34.0 Å². The van der Waals surface area contributed by atoms with Crippen LogP contribution in [-0.4, -0.2) is 68.1 Å². The van der Waals surface area contributed by atoms with Crippen molar-refractivity contribution in [1.82, 2.24) is 10.6 Å². The molecule has 0 heterocycles. The molecule has 228 valence electrons. The first-order valence-corrected chi connectivity index (χ1v) is 14.7. The number of methoxy groups -OCH3 is 2. The molecule has 1 saturated carbocycles. The molecule has 0 aliphatic heterocycles. The molecule has 40 heavy (non-hydrogen) atoms. The lowest BCUT2D eigenvalue weighted by Gasteiger charge is -2.36. The lowest BCUT2D eigenvalue weighted by Crippen LogP contribution is -2.52. The number of benzene rings is 1. The van der Waals surface area contributed by atoms with Gasteiger partial charge in [0.1, 0.15) is 0 Å². The maximum Gasteiger partial charge on any atom is 0.223 e. The van der Waals surface area contributed by atoms with Gasteiger partial charge in [-0.15, -0.1) is 0 Å². The fourth-order valence-electron chi connectivity index (χ4n) is 5.25. The highest BCUT2D eigenvalue weighted by molar-refractivity contribution is 5.79. The summed E-state index contributed by atoms with van der Waals surface area (Å²) in [5, 5.41) is 17.2. The van der Waals surface area contributed by atoms with E-state index in [0.717, 1.165) is 37.7 Å². The average Bonchev–Trinajstić information content (AvgIpc) is 3.66. The minimum atomic E-state index is -0.867. The highest BCUT2D eigenvalue weighted by Gasteiger charge is 2.44. The normalized spacial score (nSPS) is 17.9. The molecule has 0 aromatic heterocycles. The molecule has 5 N–H and O–H groups in total. The number of aliphatic hydroxyl groups is 1. The van der Waals surface area contributed by atoms with E-state index in [1.54, 1.807) is 14.2 Å². The Labute approximate surface area is 240 Å². The molecule has 1 aliphatic rings. The number of amides is 2. The zero-order valence-electron chi connectivity index (χ0n) is 25.7. The molecular weight excluding hydrogens is 510 g/mol. The number of nitrogens with two attached hydrogens (primary N) is 1. The van der Waals surface area contributed by atoms with E-state index >= 15 is 0 Å². The van der Waals surface area contributed by atoms with Crippen LogP contribution < -0.4 is 25.8 Å². The van der Waals surface area contributed by atoms with E-state index in [9.17, 15) is 14.7 Å². The highest BCUT2D eigenvalue weighted by Crippen LogP contribution is 2.35. The molecule has 1 aromatic carbocycles. The lowest BCUT2D eigenvalue weighted by atomic mass is 9.77. The molecule has 0 unspecified atom stereocenters. The summed E-state index contributed by atoms with van der Waals surface area (Å²) in [6, 6.07) is 5.99. The van der Waals surface area contributed by atoms with Crippen molar-refractivity contribution >= 4 is 11.8 Å². The highest BCUT2D eigenvalue weighted by atomic mass is 16.5. The Morgan fingerprint density at radius 1 is 1.18 bits per heavy atom. The van der Waals surface area contributed by atoms with E-state index in [-0.39, 0.29) is 41.5 Å². The third-order valence-electron chi connectivity index (χ3n) is 8.08. The van der Waals surface area contributed by atoms with Gasteiger partial charge in [-0.2, -0.15) is 0 Å². The van der Waals surface area contributed by atoms with Crippen LogP contribution in [0.3, 0.4) is 0 Å². The Bertz CT molecular complexity index is 947. The molecule has 0 radical (unpaired) electrons. The molecule has 2 amide bonds. The second-order valence-corrected chi connectivity index (χ2v) is 12.1. The maximum atomic E-state index is 13.1. The fourth-order valence-corrected chi connectivity index (χ4v) is 5.25. The summed E-state index contributed by atoms with van der Waals surface area (Å²) in [4.78, 5) is 24.6. The molecule has 9 nitrogen and oxygen atoms in total. The van der Waals surface area contributed by atoms with E-state index in [0.29, 0.717) is 37.7 Å². The van der Waals surface area contributed by atoms with Crippen LogP contribution in [-0.2, 0) is 20.7 Å². The van der Waals surface area contributed by atoms with Gasteiger partial charge in [-0.3, -0.25) is 9.59 Å². The molecule has 1 aliphatic carbocycles. The standard InChI is InChI=1S/C31H53N3O6/c1-8-23(16-24-10-11-26(39-7)27(17-24)40-15-9-14-38-6)19-30(5,32)28(36)18-25(21(2)3)29(37)33-20-31(12-13-31)34-22(4)35/h10-11,17,21,23,25,28,36H,8-9,12-16,18-20,32H2,1-7H3,(H,33,37)(H,34,35)/t23-,25-,28-,30-/m0/s1. The predicted octanol–water partition coefficient (Wildman–Crippen LogP) is 3.59. The SMILES string of the molecule is CC[C@@H](Cc1ccc(OC)c(OCCCOC)c1)C[C@](C)(N)[C@@H](O)C[C@H](C(=O)NCC1(NC(C)=O)CC1)C(C)C. The van der Waals surface area contributed by atoms with Gasteiger partial charge >= 0.3 is 0 Å². The van der Waals surface area contributed by atoms with Gasteiger partial charge in [0.25, 0.3) is 0 Å². The van der Waals surface area contributed by atoms with Crippen LogP contribution in [0.5, 0.6) is 11.5 Å². The zero-order chi connectivity index (χ0) is 29.9. The minimum Gasteiger partial charge on any atom is -0.493 e. The maximum absolute atomic E-state index is 13.1. The van der Waals surface area contributed by atoms with Gasteiger partial charge < -0.3 is 35.7 Å². The van der Waals surface area contributed by atoms with Crippen LogP contribution in [0.4, 0.5) is 0 Å². The van der Waals surface area contributed by atoms with Crippen LogP contribution in [0.15, 0.2) is 18.2 Å². The molecule has 4 atom stereocenters. The lowest BCUT2D eigenvalue weighted by molar-refractivity contribution is -0.128. The number of carbonyl (C=O) groups excluding carboxylic acids is 2. The van der Waals surface area contributed by atoms with Gasteiger partial charge in [-0.05, 0) is 68.6 Å². The molecular formula is C31H53N3O6. The van der Waals surface area contributed by atoms with Crippen molar-refractivity contribution in [2.24, 2.45) is 23.5 Å². The Balaban J connectivity index is 2.00. The van der Waals surface area contributed by atoms with E-state index in [4.69, 9.17) is 19.9 Å². The summed E-state index contributed by atoms with van der Waals surface area (Å²) < 4.78 is 16.5. The van der Waals surface area contributed by atoms with Crippen LogP contribution in [0.1, 0.15) is 78.7 Å². The molecule has 2 rings (SSSR count). The van der Waals surface area contributed by atoms with Gasteiger partial charge in [0.15, 0.2) is 11.5 Å². The predicted molar refractivity (Wildman–Crippen MR) is 157 cm³/mol. The Hall–Kier alpha value is -2.36. The van der Waals surface area contributed by atoms with Crippen molar-refractivity contribution < 1.29 is 28.9 Å². The van der Waals surface area contributed by atoms with Gasteiger partial charge in [0.05, 0.1) is 25.4 Å². The van der Waals surface area contributed by atoms with Gasteiger partial charge in [-0.1, -0.05) is 33.3 Å². The molecule has 0 spiro atoms. The monoisotopic (exact) mass is 563 g/mol. The molecule has 1 aromatic rings. The van der Waals surface area contributed by atoms with Crippen molar-refractivity contribution in [1.29, 1.82) is 0 Å². The summed E-state index contributed by atoms with van der Waals surface area (Å²) in [7, 11) is 3.30. The minimum absolute atomic E-state index is 0.0324. The quantitative estimate of drug-likeness (QED) is 0.189. The number of hydrogen-bond acceptors (Lipinski definition) is 7. The molecule has 0 bridgehead atoms. The summed E-state index contributed by atoms with van der Waals surface area (Å²) in [6.45, 7) is 11.0. The van der Waals surface area contributed by atoms with E-state index < -0.39 is 11.6 Å². The van der Waals surface area contributed by atoms with E-state index in [1.165, 1.54) is 6.92 Å². The molecule has 9 heteroatoms. The average molecular weight is 564 g/mol. The zero-order valence-corrected chi connectivity index (χ0v) is 25.7. The van der Waals surface area contributed by atoms with Gasteiger partial charge in [0.2, 0.25) is 11.8 Å². The number of aliphatic hydroxyl groups excluding tert-OH is 1. The first-order chi connectivity index (χ1) is 18.9. The van der Waals surface area contributed by atoms with Crippen molar-refractivity contribution in [3.05, 3.63) is 23.8 Å². The number of carbonyl (C=O) groups is 2. The summed E-state index contributed by atoms with van der Waals surface area (Å²) in [5.41, 5.74) is 6.66. The van der Waals surface area contributed by atoms with Crippen molar-refractivity contribution in [3.63, 3.8) is 0 Å². The topological polar surface area (TPSA) is 132 Å². The number of rotatable bonds is 19. The summed E-state index contributed by atoms with van der Waals surface area (Å²) >= 11 is 0. The first kappa shape index (κ1) is 33.8. The summed E-state index contributed by atoms with van der Waals surface area (Å²) in [5.74, 6) is 1.08. The Kier molecular flexibility index (Phi) is 13.2. The van der Waals surface area contributed by atoms with Gasteiger partial charge in [0, 0.05) is 45.1 Å². The molecule has 0 saturated heterocycles. The molecule has 1 fully saturated rings. The first-order valence-electron chi connectivity index (χ1n) is 14.7. The van der Waals surface area contributed by atoms with Crippen LogP contribution in [0.25, 0.3) is 0 Å². The Morgan fingerprint density at radius 2 is 1.88 bits per heavy atom. The summed E-state index contributed by atoms with van der Waals surface area (Å²) in [6.07, 6.45) is 4.23. The van der Waals surface area contributed by atoms with Crippen LogP contribution in [0.2, 0.25) is 0 Å². The number of ether oxygens (including phenoxy) is 3. The van der Waals surface area contributed by atoms with Crippen LogP contribution in [0, 0.1) is 17.8 Å². The van der Waals surface area contributed by atoms with Crippen molar-refractivity contribution in [3.8, 4) is 11.5 Å². The number of nitrogens with one attached hydrogen (secondary N) is 2. The third kappa shape index (κ3) is 10.6. The fraction of sp³-hybridized carbons (Fsp3) is 0.742. The van der Waals surface area contributed by atoms with E-state index in [1.807, 2.05) is 39.0 Å². The van der Waals surface area contributed by atoms with Crippen LogP contribution >= 0.6 is 0 Å².